The van der Waals surface area contributed by atoms with Crippen molar-refractivity contribution in [1.82, 2.24) is 9.21 Å². The van der Waals surface area contributed by atoms with Gasteiger partial charge in [0.25, 0.3) is 0 Å². The minimum absolute atomic E-state index is 0.0809. The van der Waals surface area contributed by atoms with Crippen LogP contribution in [0.5, 0.6) is 0 Å². The summed E-state index contributed by atoms with van der Waals surface area (Å²) in [4.78, 5) is 13.8. The van der Waals surface area contributed by atoms with Gasteiger partial charge in [-0.25, -0.2) is 12.8 Å². The first-order valence-corrected chi connectivity index (χ1v) is 10.2. The molecule has 0 bridgehead atoms. The standard InChI is InChI=1S/C19H22FN3O3S/c20-17-8-4-5-9-18(17)27(25,26)23-14-12-22(13-15-23)11-10-19(24)21-16-6-2-1-3-7-16/h1-9H,10-15H2,(H,21,24). The molecular weight excluding hydrogens is 369 g/mol. The Labute approximate surface area is 158 Å². The third kappa shape index (κ3) is 4.91. The fourth-order valence-corrected chi connectivity index (χ4v) is 4.48. The van der Waals surface area contributed by atoms with Crippen LogP contribution in [-0.4, -0.2) is 56.3 Å². The lowest BCUT2D eigenvalue weighted by Crippen LogP contribution is -2.49. The van der Waals surface area contributed by atoms with Crippen molar-refractivity contribution in [3.05, 3.63) is 60.4 Å². The highest BCUT2D eigenvalue weighted by molar-refractivity contribution is 7.89. The molecule has 0 aliphatic carbocycles. The molecule has 1 heterocycles. The lowest BCUT2D eigenvalue weighted by Gasteiger charge is -2.33. The lowest BCUT2D eigenvalue weighted by molar-refractivity contribution is -0.116. The predicted octanol–water partition coefficient (Wildman–Crippen LogP) is 2.16. The summed E-state index contributed by atoms with van der Waals surface area (Å²) in [6, 6.07) is 14.6. The van der Waals surface area contributed by atoms with Gasteiger partial charge in [0.1, 0.15) is 10.7 Å². The van der Waals surface area contributed by atoms with Crippen molar-refractivity contribution in [2.75, 3.05) is 38.0 Å². The monoisotopic (exact) mass is 391 g/mol. The molecule has 1 aliphatic heterocycles. The van der Waals surface area contributed by atoms with Gasteiger partial charge >= 0.3 is 0 Å². The number of nitrogens with zero attached hydrogens (tertiary/aromatic N) is 2. The Morgan fingerprint density at radius 2 is 1.59 bits per heavy atom. The smallest absolute Gasteiger partial charge is 0.246 e. The normalized spacial score (nSPS) is 16.2. The molecular formula is C19H22FN3O3S. The molecule has 27 heavy (non-hydrogen) atoms. The quantitative estimate of drug-likeness (QED) is 0.819. The first-order chi connectivity index (χ1) is 13.0. The zero-order valence-corrected chi connectivity index (χ0v) is 15.7. The minimum atomic E-state index is -3.84. The molecule has 0 atom stereocenters. The Balaban J connectivity index is 1.49. The molecule has 0 unspecified atom stereocenters. The highest BCUT2D eigenvalue weighted by Crippen LogP contribution is 2.20. The molecule has 2 aromatic rings. The molecule has 0 radical (unpaired) electrons. The number of sulfonamides is 1. The van der Waals surface area contributed by atoms with E-state index in [2.05, 4.69) is 5.32 Å². The molecule has 0 saturated carbocycles. The number of anilines is 1. The van der Waals surface area contributed by atoms with Crippen LogP contribution in [0.25, 0.3) is 0 Å². The van der Waals surface area contributed by atoms with Crippen molar-refractivity contribution >= 4 is 21.6 Å². The van der Waals surface area contributed by atoms with Gasteiger partial charge in [-0.2, -0.15) is 4.31 Å². The van der Waals surface area contributed by atoms with E-state index in [0.29, 0.717) is 26.1 Å². The lowest BCUT2D eigenvalue weighted by atomic mass is 10.3. The second kappa shape index (κ2) is 8.60. The summed E-state index contributed by atoms with van der Waals surface area (Å²) < 4.78 is 40.3. The number of rotatable bonds is 6. The SMILES string of the molecule is O=C(CCN1CCN(S(=O)(=O)c2ccccc2F)CC1)Nc1ccccc1. The number of hydrogen-bond acceptors (Lipinski definition) is 4. The van der Waals surface area contributed by atoms with E-state index in [1.165, 1.54) is 22.5 Å². The number of hydrogen-bond donors (Lipinski definition) is 1. The largest absolute Gasteiger partial charge is 0.326 e. The van der Waals surface area contributed by atoms with Crippen LogP contribution in [0.3, 0.4) is 0 Å². The summed E-state index contributed by atoms with van der Waals surface area (Å²) >= 11 is 0. The fraction of sp³-hybridized carbons (Fsp3) is 0.316. The molecule has 1 N–H and O–H groups in total. The van der Waals surface area contributed by atoms with Gasteiger partial charge in [0.05, 0.1) is 0 Å². The Hall–Kier alpha value is -2.29. The number of benzene rings is 2. The van der Waals surface area contributed by atoms with E-state index < -0.39 is 15.8 Å². The van der Waals surface area contributed by atoms with E-state index in [9.17, 15) is 17.6 Å². The van der Waals surface area contributed by atoms with Gasteiger partial charge in [-0.05, 0) is 24.3 Å². The number of para-hydroxylation sites is 1. The number of carbonyl (C=O) groups is 1. The molecule has 2 aromatic carbocycles. The highest BCUT2D eigenvalue weighted by Gasteiger charge is 2.30. The van der Waals surface area contributed by atoms with E-state index in [1.54, 1.807) is 0 Å². The third-order valence-electron chi connectivity index (χ3n) is 4.50. The van der Waals surface area contributed by atoms with Gasteiger partial charge in [-0.15, -0.1) is 0 Å². The molecule has 1 amide bonds. The topological polar surface area (TPSA) is 69.7 Å². The fourth-order valence-electron chi connectivity index (χ4n) is 2.99. The number of amides is 1. The van der Waals surface area contributed by atoms with Gasteiger partial charge in [0.15, 0.2) is 0 Å². The van der Waals surface area contributed by atoms with Crippen LogP contribution in [0, 0.1) is 5.82 Å². The van der Waals surface area contributed by atoms with E-state index >= 15 is 0 Å². The minimum Gasteiger partial charge on any atom is -0.326 e. The van der Waals surface area contributed by atoms with Gasteiger partial charge in [0, 0.05) is 44.8 Å². The third-order valence-corrected chi connectivity index (χ3v) is 6.43. The summed E-state index contributed by atoms with van der Waals surface area (Å²) in [6.07, 6.45) is 0.328. The van der Waals surface area contributed by atoms with Crippen LogP contribution >= 0.6 is 0 Å². The molecule has 1 saturated heterocycles. The predicted molar refractivity (Wildman–Crippen MR) is 101 cm³/mol. The summed E-state index contributed by atoms with van der Waals surface area (Å²) in [5.41, 5.74) is 0.753. The van der Waals surface area contributed by atoms with Gasteiger partial charge in [-0.3, -0.25) is 4.79 Å². The molecule has 0 spiro atoms. The Morgan fingerprint density at radius 1 is 0.963 bits per heavy atom. The van der Waals surface area contributed by atoms with E-state index in [0.717, 1.165) is 11.8 Å². The average molecular weight is 391 g/mol. The second-order valence-electron chi connectivity index (χ2n) is 6.34. The number of nitrogens with one attached hydrogen (secondary N) is 1. The maximum absolute atomic E-state index is 13.8. The number of halogens is 1. The molecule has 1 fully saturated rings. The maximum atomic E-state index is 13.8. The van der Waals surface area contributed by atoms with Gasteiger partial charge in [-0.1, -0.05) is 30.3 Å². The highest BCUT2D eigenvalue weighted by atomic mass is 32.2. The molecule has 144 valence electrons. The maximum Gasteiger partial charge on any atom is 0.246 e. The van der Waals surface area contributed by atoms with Crippen LogP contribution < -0.4 is 5.32 Å². The van der Waals surface area contributed by atoms with Crippen molar-refractivity contribution in [2.24, 2.45) is 0 Å². The van der Waals surface area contributed by atoms with Crippen LogP contribution in [0.2, 0.25) is 0 Å². The van der Waals surface area contributed by atoms with Crippen molar-refractivity contribution in [1.29, 1.82) is 0 Å². The van der Waals surface area contributed by atoms with Crippen LogP contribution in [-0.2, 0) is 14.8 Å². The van der Waals surface area contributed by atoms with Crippen molar-refractivity contribution in [3.8, 4) is 0 Å². The zero-order valence-electron chi connectivity index (χ0n) is 14.8. The van der Waals surface area contributed by atoms with Gasteiger partial charge < -0.3 is 10.2 Å². The second-order valence-corrected chi connectivity index (χ2v) is 8.25. The van der Waals surface area contributed by atoms with Crippen LogP contribution in [0.1, 0.15) is 6.42 Å². The van der Waals surface area contributed by atoms with Crippen molar-refractivity contribution in [2.45, 2.75) is 11.3 Å². The first-order valence-electron chi connectivity index (χ1n) is 8.79. The van der Waals surface area contributed by atoms with E-state index in [-0.39, 0.29) is 23.9 Å². The van der Waals surface area contributed by atoms with E-state index in [4.69, 9.17) is 0 Å². The van der Waals surface area contributed by atoms with Crippen LogP contribution in [0.15, 0.2) is 59.5 Å². The zero-order chi connectivity index (χ0) is 19.3. The van der Waals surface area contributed by atoms with Crippen molar-refractivity contribution < 1.29 is 17.6 Å². The molecule has 3 rings (SSSR count). The molecule has 0 aromatic heterocycles. The number of carbonyl (C=O) groups excluding carboxylic acids is 1. The summed E-state index contributed by atoms with van der Waals surface area (Å²) in [7, 11) is -3.84. The summed E-state index contributed by atoms with van der Waals surface area (Å²) in [6.45, 7) is 2.11. The molecule has 1 aliphatic rings. The van der Waals surface area contributed by atoms with E-state index in [1.807, 2.05) is 35.2 Å². The Morgan fingerprint density at radius 3 is 2.26 bits per heavy atom. The molecule has 8 heteroatoms. The Kier molecular flexibility index (Phi) is 6.20. The van der Waals surface area contributed by atoms with Gasteiger partial charge in [0.2, 0.25) is 15.9 Å². The molecule has 6 nitrogen and oxygen atoms in total. The Bertz CT molecular complexity index is 882. The summed E-state index contributed by atoms with van der Waals surface area (Å²) in [5, 5.41) is 2.83. The average Bonchev–Trinajstić information content (AvgIpc) is 2.68. The number of piperazine rings is 1. The summed E-state index contributed by atoms with van der Waals surface area (Å²) in [5.74, 6) is -0.819. The first kappa shape index (κ1) is 19.5. The van der Waals surface area contributed by atoms with Crippen molar-refractivity contribution in [3.63, 3.8) is 0 Å². The van der Waals surface area contributed by atoms with Crippen LogP contribution in [0.4, 0.5) is 10.1 Å².